The van der Waals surface area contributed by atoms with Gasteiger partial charge < -0.3 is 4.74 Å². The van der Waals surface area contributed by atoms with Gasteiger partial charge in [0.25, 0.3) is 0 Å². The molecule has 0 aliphatic carbocycles. The second-order valence-corrected chi connectivity index (χ2v) is 5.55. The zero-order chi connectivity index (χ0) is 10.8. The van der Waals surface area contributed by atoms with E-state index in [0.717, 1.165) is 13.0 Å². The number of nitrogens with two attached hydrogens (primary N) is 1. The van der Waals surface area contributed by atoms with Crippen molar-refractivity contribution in [2.24, 2.45) is 11.8 Å². The molecule has 0 aromatic carbocycles. The topological polar surface area (TPSA) is 47.3 Å². The number of thiophene rings is 1. The van der Waals surface area contributed by atoms with Gasteiger partial charge in [-0.05, 0) is 32.4 Å². The Balaban J connectivity index is 2.10. The summed E-state index contributed by atoms with van der Waals surface area (Å²) in [6.45, 7) is 5.05. The van der Waals surface area contributed by atoms with Crippen molar-refractivity contribution in [1.29, 1.82) is 0 Å². The molecule has 0 spiro atoms. The van der Waals surface area contributed by atoms with Gasteiger partial charge in [-0.15, -0.1) is 11.3 Å². The fourth-order valence-electron chi connectivity index (χ4n) is 2.15. The van der Waals surface area contributed by atoms with Crippen molar-refractivity contribution >= 4 is 11.3 Å². The highest BCUT2D eigenvalue weighted by Gasteiger charge is 2.30. The molecule has 0 bridgehead atoms. The third-order valence-electron chi connectivity index (χ3n) is 2.95. The molecule has 4 heteroatoms. The van der Waals surface area contributed by atoms with Crippen LogP contribution in [0.3, 0.4) is 0 Å². The van der Waals surface area contributed by atoms with E-state index in [-0.39, 0.29) is 6.04 Å². The first-order chi connectivity index (χ1) is 7.20. The van der Waals surface area contributed by atoms with E-state index in [9.17, 15) is 0 Å². The summed E-state index contributed by atoms with van der Waals surface area (Å²) in [7, 11) is 0. The molecule has 3 N–H and O–H groups in total. The molecule has 2 heterocycles. The molecule has 1 aromatic heterocycles. The Morgan fingerprint density at radius 3 is 2.87 bits per heavy atom. The minimum atomic E-state index is 0.244. The molecule has 3 unspecified atom stereocenters. The van der Waals surface area contributed by atoms with Crippen molar-refractivity contribution in [1.82, 2.24) is 5.43 Å². The Hall–Kier alpha value is -0.420. The minimum Gasteiger partial charge on any atom is -0.378 e. The SMILES string of the molecule is Cc1ccc(C(NN)C2COC(C)C2)s1. The minimum absolute atomic E-state index is 0.244. The molecular weight excluding hydrogens is 208 g/mol. The monoisotopic (exact) mass is 226 g/mol. The van der Waals surface area contributed by atoms with Gasteiger partial charge in [0.05, 0.1) is 18.8 Å². The molecule has 2 rings (SSSR count). The maximum atomic E-state index is 5.64. The third-order valence-corrected chi connectivity index (χ3v) is 4.03. The Bertz CT molecular complexity index is 326. The van der Waals surface area contributed by atoms with Crippen molar-refractivity contribution in [2.75, 3.05) is 6.61 Å². The van der Waals surface area contributed by atoms with Crippen LogP contribution in [0.25, 0.3) is 0 Å². The van der Waals surface area contributed by atoms with Gasteiger partial charge in [0.1, 0.15) is 0 Å². The van der Waals surface area contributed by atoms with Crippen LogP contribution in [0.1, 0.15) is 29.1 Å². The summed E-state index contributed by atoms with van der Waals surface area (Å²) in [6.07, 6.45) is 1.46. The zero-order valence-corrected chi connectivity index (χ0v) is 10.0. The molecular formula is C11H18N2OS. The Morgan fingerprint density at radius 2 is 2.40 bits per heavy atom. The van der Waals surface area contributed by atoms with E-state index in [0.29, 0.717) is 12.0 Å². The summed E-state index contributed by atoms with van der Waals surface area (Å²) in [4.78, 5) is 2.65. The van der Waals surface area contributed by atoms with Gasteiger partial charge in [-0.3, -0.25) is 11.3 Å². The molecule has 1 aliphatic rings. The fraction of sp³-hybridized carbons (Fsp3) is 0.636. The van der Waals surface area contributed by atoms with Crippen LogP contribution >= 0.6 is 11.3 Å². The van der Waals surface area contributed by atoms with Crippen LogP contribution in [0.4, 0.5) is 0 Å². The quantitative estimate of drug-likeness (QED) is 0.612. The summed E-state index contributed by atoms with van der Waals surface area (Å²) in [5.41, 5.74) is 2.92. The van der Waals surface area contributed by atoms with E-state index >= 15 is 0 Å². The third kappa shape index (κ3) is 2.39. The van der Waals surface area contributed by atoms with Crippen molar-refractivity contribution < 1.29 is 4.74 Å². The lowest BCUT2D eigenvalue weighted by molar-refractivity contribution is 0.117. The maximum absolute atomic E-state index is 5.64. The van der Waals surface area contributed by atoms with Crippen molar-refractivity contribution in [3.8, 4) is 0 Å². The number of aryl methyl sites for hydroxylation is 1. The van der Waals surface area contributed by atoms with Crippen molar-refractivity contribution in [2.45, 2.75) is 32.4 Å². The molecule has 3 nitrogen and oxygen atoms in total. The standard InChI is InChI=1S/C11H18N2OS/c1-7-5-9(6-14-7)11(13-12)10-4-3-8(2)15-10/h3-4,7,9,11,13H,5-6,12H2,1-2H3. The zero-order valence-electron chi connectivity index (χ0n) is 9.19. The summed E-state index contributed by atoms with van der Waals surface area (Å²) in [5, 5.41) is 0. The predicted octanol–water partition coefficient (Wildman–Crippen LogP) is 1.99. The number of hydrogen-bond donors (Lipinski definition) is 2. The predicted molar refractivity (Wildman–Crippen MR) is 62.6 cm³/mol. The van der Waals surface area contributed by atoms with Crippen LogP contribution in [-0.4, -0.2) is 12.7 Å². The van der Waals surface area contributed by atoms with Gasteiger partial charge in [0, 0.05) is 15.7 Å². The molecule has 1 aromatic rings. The van der Waals surface area contributed by atoms with Crippen LogP contribution in [0.2, 0.25) is 0 Å². The average Bonchev–Trinajstić information content (AvgIpc) is 2.78. The molecule has 3 atom stereocenters. The summed E-state index contributed by atoms with van der Waals surface area (Å²) in [6, 6.07) is 4.55. The van der Waals surface area contributed by atoms with E-state index in [1.54, 1.807) is 0 Å². The maximum Gasteiger partial charge on any atom is 0.0604 e. The first-order valence-electron chi connectivity index (χ1n) is 5.34. The number of ether oxygens (including phenoxy) is 1. The van der Waals surface area contributed by atoms with Crippen molar-refractivity contribution in [3.05, 3.63) is 21.9 Å². The van der Waals surface area contributed by atoms with Crippen LogP contribution in [0.15, 0.2) is 12.1 Å². The average molecular weight is 226 g/mol. The molecule has 0 saturated carbocycles. The molecule has 84 valence electrons. The molecule has 1 aliphatic heterocycles. The van der Waals surface area contributed by atoms with E-state index in [1.807, 2.05) is 11.3 Å². The summed E-state index contributed by atoms with van der Waals surface area (Å²) in [5.74, 6) is 6.14. The normalized spacial score (nSPS) is 28.2. The Labute approximate surface area is 94.6 Å². The summed E-state index contributed by atoms with van der Waals surface area (Å²) < 4.78 is 5.59. The molecule has 0 amide bonds. The van der Waals surface area contributed by atoms with E-state index in [1.165, 1.54) is 9.75 Å². The summed E-state index contributed by atoms with van der Waals surface area (Å²) >= 11 is 1.81. The first kappa shape index (κ1) is 11.1. The molecule has 0 radical (unpaired) electrons. The number of hydrazine groups is 1. The lowest BCUT2D eigenvalue weighted by Crippen LogP contribution is -2.33. The highest BCUT2D eigenvalue weighted by molar-refractivity contribution is 7.12. The van der Waals surface area contributed by atoms with E-state index < -0.39 is 0 Å². The Morgan fingerprint density at radius 1 is 1.60 bits per heavy atom. The number of rotatable bonds is 3. The van der Waals surface area contributed by atoms with E-state index in [4.69, 9.17) is 10.6 Å². The highest BCUT2D eigenvalue weighted by Crippen LogP contribution is 2.34. The highest BCUT2D eigenvalue weighted by atomic mass is 32.1. The largest absolute Gasteiger partial charge is 0.378 e. The number of hydrogen-bond acceptors (Lipinski definition) is 4. The molecule has 1 saturated heterocycles. The Kier molecular flexibility index (Phi) is 3.41. The van der Waals surface area contributed by atoms with E-state index in [2.05, 4.69) is 31.4 Å². The van der Waals surface area contributed by atoms with Gasteiger partial charge in [-0.1, -0.05) is 0 Å². The van der Waals surface area contributed by atoms with Gasteiger partial charge in [0.15, 0.2) is 0 Å². The van der Waals surface area contributed by atoms with Gasteiger partial charge >= 0.3 is 0 Å². The van der Waals surface area contributed by atoms with Crippen LogP contribution < -0.4 is 11.3 Å². The molecule has 1 fully saturated rings. The van der Waals surface area contributed by atoms with Gasteiger partial charge in [0.2, 0.25) is 0 Å². The second kappa shape index (κ2) is 4.61. The first-order valence-corrected chi connectivity index (χ1v) is 6.16. The van der Waals surface area contributed by atoms with Crippen LogP contribution in [-0.2, 0) is 4.74 Å². The lowest BCUT2D eigenvalue weighted by Gasteiger charge is -2.20. The fourth-order valence-corrected chi connectivity index (χ4v) is 3.19. The van der Waals surface area contributed by atoms with Crippen LogP contribution in [0.5, 0.6) is 0 Å². The molecule has 15 heavy (non-hydrogen) atoms. The van der Waals surface area contributed by atoms with Crippen LogP contribution in [0, 0.1) is 12.8 Å². The second-order valence-electron chi connectivity index (χ2n) is 4.23. The van der Waals surface area contributed by atoms with Gasteiger partial charge in [-0.25, -0.2) is 0 Å². The smallest absolute Gasteiger partial charge is 0.0604 e. The van der Waals surface area contributed by atoms with Crippen molar-refractivity contribution in [3.63, 3.8) is 0 Å². The number of nitrogens with one attached hydrogen (secondary N) is 1. The lowest BCUT2D eigenvalue weighted by atomic mass is 9.96. The van der Waals surface area contributed by atoms with Gasteiger partial charge in [-0.2, -0.15) is 0 Å².